The average Bonchev–Trinajstić information content (AvgIpc) is 2.48. The topological polar surface area (TPSA) is 54.0 Å². The molecule has 21 heavy (non-hydrogen) atoms. The summed E-state index contributed by atoms with van der Waals surface area (Å²) in [6.45, 7) is 0.654. The molecule has 0 bridgehead atoms. The predicted octanol–water partition coefficient (Wildman–Crippen LogP) is 3.18. The van der Waals surface area contributed by atoms with Gasteiger partial charge in [-0.05, 0) is 18.2 Å². The summed E-state index contributed by atoms with van der Waals surface area (Å²) in [5, 5.41) is 9.67. The predicted molar refractivity (Wildman–Crippen MR) is 86.9 cm³/mol. The van der Waals surface area contributed by atoms with Gasteiger partial charge in [-0.25, -0.2) is 0 Å². The molecule has 0 spiro atoms. The number of halogens is 2. The fourth-order valence-electron chi connectivity index (χ4n) is 2.04. The SMILES string of the molecule is O=c1nc(-c2ccc(Cl)cc2Cl)scc1C1CNC=CN1. The molecule has 1 aliphatic heterocycles. The summed E-state index contributed by atoms with van der Waals surface area (Å²) in [5.41, 5.74) is 1.11. The zero-order valence-corrected chi connectivity index (χ0v) is 13.1. The molecule has 2 aromatic rings. The number of hydrogen-bond donors (Lipinski definition) is 2. The summed E-state index contributed by atoms with van der Waals surface area (Å²) in [7, 11) is 0. The van der Waals surface area contributed by atoms with Crippen LogP contribution in [0.25, 0.3) is 10.6 Å². The molecule has 0 radical (unpaired) electrons. The first-order chi connectivity index (χ1) is 10.1. The summed E-state index contributed by atoms with van der Waals surface area (Å²) in [6.07, 6.45) is 3.59. The lowest BCUT2D eigenvalue weighted by atomic mass is 10.1. The molecule has 1 atom stereocenters. The van der Waals surface area contributed by atoms with Gasteiger partial charge in [0.1, 0.15) is 5.01 Å². The smallest absolute Gasteiger partial charge is 0.277 e. The molecule has 0 aliphatic carbocycles. The van der Waals surface area contributed by atoms with E-state index in [0.29, 0.717) is 32.7 Å². The van der Waals surface area contributed by atoms with Gasteiger partial charge in [0.15, 0.2) is 0 Å². The van der Waals surface area contributed by atoms with Gasteiger partial charge in [0, 0.05) is 34.9 Å². The van der Waals surface area contributed by atoms with Crippen molar-refractivity contribution in [3.05, 3.63) is 61.9 Å². The molecule has 0 saturated carbocycles. The van der Waals surface area contributed by atoms with Crippen molar-refractivity contribution in [3.8, 4) is 10.6 Å². The Morgan fingerprint density at radius 3 is 2.81 bits per heavy atom. The van der Waals surface area contributed by atoms with Crippen LogP contribution in [0, 0.1) is 0 Å². The Bertz CT molecular complexity index is 760. The monoisotopic (exact) mass is 339 g/mol. The van der Waals surface area contributed by atoms with Gasteiger partial charge in [0.2, 0.25) is 0 Å². The number of rotatable bonds is 2. The maximum Gasteiger partial charge on any atom is 0.277 e. The van der Waals surface area contributed by atoms with Crippen molar-refractivity contribution in [2.75, 3.05) is 6.54 Å². The van der Waals surface area contributed by atoms with E-state index in [1.807, 2.05) is 5.38 Å². The summed E-state index contributed by atoms with van der Waals surface area (Å²) in [5.74, 6) is 0. The van der Waals surface area contributed by atoms with E-state index in [9.17, 15) is 4.79 Å². The van der Waals surface area contributed by atoms with E-state index in [4.69, 9.17) is 23.2 Å². The minimum Gasteiger partial charge on any atom is -0.387 e. The van der Waals surface area contributed by atoms with Gasteiger partial charge in [-0.2, -0.15) is 4.98 Å². The normalized spacial score (nSPS) is 17.1. The highest BCUT2D eigenvalue weighted by atomic mass is 35.5. The number of benzene rings is 1. The molecule has 1 aromatic heterocycles. The zero-order chi connectivity index (χ0) is 14.8. The molecule has 2 heterocycles. The second-order valence-corrected chi connectivity index (χ2v) is 6.20. The van der Waals surface area contributed by atoms with E-state index in [-0.39, 0.29) is 11.6 Å². The fourth-order valence-corrected chi connectivity index (χ4v) is 3.54. The van der Waals surface area contributed by atoms with Gasteiger partial charge in [-0.3, -0.25) is 4.79 Å². The van der Waals surface area contributed by atoms with Crippen molar-refractivity contribution in [2.45, 2.75) is 6.04 Å². The highest BCUT2D eigenvalue weighted by Crippen LogP contribution is 2.31. The number of hydrogen-bond acceptors (Lipinski definition) is 5. The van der Waals surface area contributed by atoms with Crippen LogP contribution in [0.4, 0.5) is 0 Å². The Morgan fingerprint density at radius 2 is 2.14 bits per heavy atom. The number of nitrogens with zero attached hydrogens (tertiary/aromatic N) is 1. The summed E-state index contributed by atoms with van der Waals surface area (Å²) in [6, 6.07) is 5.07. The molecule has 1 aromatic carbocycles. The molecule has 0 fully saturated rings. The first-order valence-corrected chi connectivity index (χ1v) is 7.88. The van der Waals surface area contributed by atoms with Crippen LogP contribution in [0.2, 0.25) is 10.0 Å². The molecule has 1 aliphatic rings. The van der Waals surface area contributed by atoms with E-state index in [1.54, 1.807) is 30.6 Å². The van der Waals surface area contributed by atoms with E-state index < -0.39 is 0 Å². The van der Waals surface area contributed by atoms with Crippen LogP contribution >= 0.6 is 34.5 Å². The first kappa shape index (κ1) is 14.4. The fraction of sp³-hybridized carbons (Fsp3) is 0.143. The largest absolute Gasteiger partial charge is 0.387 e. The highest BCUT2D eigenvalue weighted by Gasteiger charge is 2.17. The molecule has 108 valence electrons. The van der Waals surface area contributed by atoms with Crippen LogP contribution < -0.4 is 16.2 Å². The molecular weight excluding hydrogens is 329 g/mol. The Labute approximate surface area is 135 Å². The standard InChI is InChI=1S/C14H11Cl2N3OS/c15-8-1-2-9(11(16)5-8)14-19-13(20)10(7-21-14)12-6-17-3-4-18-12/h1-5,7,12,17-18H,6H2. The maximum absolute atomic E-state index is 12.2. The van der Waals surface area contributed by atoms with E-state index in [1.165, 1.54) is 11.3 Å². The lowest BCUT2D eigenvalue weighted by Crippen LogP contribution is -2.34. The quantitative estimate of drug-likeness (QED) is 0.882. The molecular formula is C14H11Cl2N3OS. The minimum atomic E-state index is -0.246. The van der Waals surface area contributed by atoms with Gasteiger partial charge in [-0.1, -0.05) is 23.2 Å². The van der Waals surface area contributed by atoms with Gasteiger partial charge in [0.25, 0.3) is 5.56 Å². The van der Waals surface area contributed by atoms with Crippen molar-refractivity contribution in [1.29, 1.82) is 0 Å². The number of nitrogens with one attached hydrogen (secondary N) is 2. The second-order valence-electron chi connectivity index (χ2n) is 4.50. The van der Waals surface area contributed by atoms with Crippen molar-refractivity contribution in [3.63, 3.8) is 0 Å². The van der Waals surface area contributed by atoms with Crippen LogP contribution in [0.5, 0.6) is 0 Å². The Morgan fingerprint density at radius 1 is 1.29 bits per heavy atom. The van der Waals surface area contributed by atoms with Crippen molar-refractivity contribution >= 4 is 34.5 Å². The summed E-state index contributed by atoms with van der Waals surface area (Å²) >= 11 is 13.4. The van der Waals surface area contributed by atoms with Gasteiger partial charge in [0.05, 0.1) is 16.6 Å². The van der Waals surface area contributed by atoms with Crippen LogP contribution in [0.3, 0.4) is 0 Å². The molecule has 0 amide bonds. The van der Waals surface area contributed by atoms with Gasteiger partial charge >= 0.3 is 0 Å². The molecule has 0 saturated heterocycles. The number of aromatic nitrogens is 1. The van der Waals surface area contributed by atoms with Crippen LogP contribution in [-0.4, -0.2) is 11.5 Å². The summed E-state index contributed by atoms with van der Waals surface area (Å²) < 4.78 is 0. The Balaban J connectivity index is 1.97. The van der Waals surface area contributed by atoms with Crippen molar-refractivity contribution in [2.24, 2.45) is 0 Å². The van der Waals surface area contributed by atoms with E-state index >= 15 is 0 Å². The van der Waals surface area contributed by atoms with E-state index in [0.717, 1.165) is 0 Å². The third-order valence-corrected chi connectivity index (χ3v) is 4.56. The van der Waals surface area contributed by atoms with Crippen molar-refractivity contribution < 1.29 is 0 Å². The molecule has 4 nitrogen and oxygen atoms in total. The minimum absolute atomic E-state index is 0.0685. The third-order valence-electron chi connectivity index (χ3n) is 3.11. The highest BCUT2D eigenvalue weighted by molar-refractivity contribution is 7.13. The lowest BCUT2D eigenvalue weighted by Gasteiger charge is -2.20. The maximum atomic E-state index is 12.2. The third kappa shape index (κ3) is 3.05. The van der Waals surface area contributed by atoms with Crippen molar-refractivity contribution in [1.82, 2.24) is 15.6 Å². The summed E-state index contributed by atoms with van der Waals surface area (Å²) in [4.78, 5) is 16.4. The van der Waals surface area contributed by atoms with Crippen LogP contribution in [-0.2, 0) is 0 Å². The van der Waals surface area contributed by atoms with Crippen LogP contribution in [0.15, 0.2) is 40.8 Å². The van der Waals surface area contributed by atoms with Crippen LogP contribution in [0.1, 0.15) is 11.6 Å². The zero-order valence-electron chi connectivity index (χ0n) is 10.8. The van der Waals surface area contributed by atoms with Gasteiger partial charge in [-0.15, -0.1) is 11.3 Å². The Kier molecular flexibility index (Phi) is 4.14. The van der Waals surface area contributed by atoms with Gasteiger partial charge < -0.3 is 10.6 Å². The average molecular weight is 340 g/mol. The molecule has 7 heteroatoms. The Hall–Kier alpha value is -1.56. The lowest BCUT2D eigenvalue weighted by molar-refractivity contribution is 0.559. The molecule has 3 rings (SSSR count). The second kappa shape index (κ2) is 6.05. The molecule has 2 N–H and O–H groups in total. The van der Waals surface area contributed by atoms with E-state index in [2.05, 4.69) is 15.6 Å². The molecule has 1 unspecified atom stereocenters. The first-order valence-electron chi connectivity index (χ1n) is 6.25.